The van der Waals surface area contributed by atoms with Crippen LogP contribution in [0.2, 0.25) is 0 Å². The SMILES string of the molecule is CC(C)=CCCC(C)=CCCC(C)=CCCC(C)=CCS. The van der Waals surface area contributed by atoms with E-state index in [9.17, 15) is 0 Å². The first-order valence-corrected chi connectivity index (χ1v) is 8.80. The summed E-state index contributed by atoms with van der Waals surface area (Å²) >= 11 is 4.22. The molecule has 0 aromatic rings. The highest BCUT2D eigenvalue weighted by Crippen LogP contribution is 2.13. The molecule has 120 valence electrons. The molecule has 0 rings (SSSR count). The van der Waals surface area contributed by atoms with E-state index in [0.717, 1.165) is 18.6 Å². The Morgan fingerprint density at radius 2 is 1.00 bits per heavy atom. The van der Waals surface area contributed by atoms with Crippen molar-refractivity contribution < 1.29 is 0 Å². The zero-order chi connectivity index (χ0) is 16.1. The minimum Gasteiger partial charge on any atom is -0.175 e. The Kier molecular flexibility index (Phi) is 12.6. The minimum atomic E-state index is 0.853. The van der Waals surface area contributed by atoms with Crippen LogP contribution in [-0.2, 0) is 0 Å². The molecule has 0 atom stereocenters. The number of allylic oxidation sites excluding steroid dienone is 7. The van der Waals surface area contributed by atoms with Gasteiger partial charge in [0.1, 0.15) is 0 Å². The van der Waals surface area contributed by atoms with Crippen LogP contribution in [0.25, 0.3) is 0 Å². The maximum atomic E-state index is 4.22. The molecule has 0 unspecified atom stereocenters. The molecule has 0 saturated heterocycles. The number of thiol groups is 1. The lowest BCUT2D eigenvalue weighted by Crippen LogP contribution is -1.82. The van der Waals surface area contributed by atoms with Crippen LogP contribution in [0.15, 0.2) is 46.6 Å². The fraction of sp³-hybridized carbons (Fsp3) is 0.600. The summed E-state index contributed by atoms with van der Waals surface area (Å²) in [5, 5.41) is 0. The Hall–Kier alpha value is -0.690. The summed E-state index contributed by atoms with van der Waals surface area (Å²) in [5.74, 6) is 0.853. The Morgan fingerprint density at radius 1 is 0.619 bits per heavy atom. The minimum absolute atomic E-state index is 0.853. The Morgan fingerprint density at radius 3 is 1.38 bits per heavy atom. The molecule has 0 saturated carbocycles. The fourth-order valence-electron chi connectivity index (χ4n) is 2.14. The van der Waals surface area contributed by atoms with Crippen LogP contribution < -0.4 is 0 Å². The van der Waals surface area contributed by atoms with Gasteiger partial charge in [-0.3, -0.25) is 0 Å². The normalized spacial score (nSPS) is 13.5. The average molecular weight is 307 g/mol. The first kappa shape index (κ1) is 20.3. The molecule has 0 radical (unpaired) electrons. The van der Waals surface area contributed by atoms with Crippen LogP contribution in [0.5, 0.6) is 0 Å². The van der Waals surface area contributed by atoms with Crippen LogP contribution in [0.1, 0.15) is 73.1 Å². The van der Waals surface area contributed by atoms with Gasteiger partial charge in [0.15, 0.2) is 0 Å². The van der Waals surface area contributed by atoms with E-state index in [1.807, 2.05) is 0 Å². The highest BCUT2D eigenvalue weighted by atomic mass is 32.1. The van der Waals surface area contributed by atoms with Crippen molar-refractivity contribution in [2.75, 3.05) is 5.75 Å². The first-order chi connectivity index (χ1) is 9.95. The third kappa shape index (κ3) is 14.0. The van der Waals surface area contributed by atoms with Crippen LogP contribution in [0.4, 0.5) is 0 Å². The van der Waals surface area contributed by atoms with Crippen LogP contribution in [-0.4, -0.2) is 5.75 Å². The highest BCUT2D eigenvalue weighted by molar-refractivity contribution is 7.80. The Bertz CT molecular complexity index is 390. The van der Waals surface area contributed by atoms with Gasteiger partial charge in [-0.05, 0) is 73.1 Å². The fourth-order valence-corrected chi connectivity index (χ4v) is 2.45. The number of hydrogen-bond acceptors (Lipinski definition) is 1. The van der Waals surface area contributed by atoms with Gasteiger partial charge >= 0.3 is 0 Å². The molecule has 0 aromatic heterocycles. The predicted molar refractivity (Wildman–Crippen MR) is 102 cm³/mol. The number of hydrogen-bond donors (Lipinski definition) is 1. The Balaban J connectivity index is 3.93. The molecule has 0 nitrogen and oxygen atoms in total. The average Bonchev–Trinajstić information content (AvgIpc) is 2.38. The smallest absolute Gasteiger partial charge is 0.00850 e. The van der Waals surface area contributed by atoms with E-state index < -0.39 is 0 Å². The third-order valence-electron chi connectivity index (χ3n) is 3.59. The molecular formula is C20H34S. The van der Waals surface area contributed by atoms with E-state index in [0.29, 0.717) is 0 Å². The summed E-state index contributed by atoms with van der Waals surface area (Å²) in [5.41, 5.74) is 5.91. The van der Waals surface area contributed by atoms with Crippen molar-refractivity contribution in [2.45, 2.75) is 73.1 Å². The molecule has 0 aliphatic heterocycles. The third-order valence-corrected chi connectivity index (χ3v) is 3.78. The van der Waals surface area contributed by atoms with Crippen molar-refractivity contribution in [3.8, 4) is 0 Å². The molecule has 0 spiro atoms. The van der Waals surface area contributed by atoms with E-state index >= 15 is 0 Å². The highest BCUT2D eigenvalue weighted by Gasteiger charge is 1.93. The number of rotatable bonds is 10. The van der Waals surface area contributed by atoms with E-state index in [-0.39, 0.29) is 0 Å². The topological polar surface area (TPSA) is 0 Å². The first-order valence-electron chi connectivity index (χ1n) is 8.16. The van der Waals surface area contributed by atoms with Crippen molar-refractivity contribution >= 4 is 12.6 Å². The molecule has 0 fully saturated rings. The summed E-state index contributed by atoms with van der Waals surface area (Å²) in [6.45, 7) is 11.0. The van der Waals surface area contributed by atoms with Crippen molar-refractivity contribution in [2.24, 2.45) is 0 Å². The van der Waals surface area contributed by atoms with Crippen molar-refractivity contribution in [1.29, 1.82) is 0 Å². The van der Waals surface area contributed by atoms with Gasteiger partial charge in [0, 0.05) is 5.75 Å². The van der Waals surface area contributed by atoms with Gasteiger partial charge in [-0.15, -0.1) is 0 Å². The second kappa shape index (κ2) is 13.0. The molecule has 0 aliphatic rings. The lowest BCUT2D eigenvalue weighted by Gasteiger charge is -2.02. The van der Waals surface area contributed by atoms with Crippen LogP contribution >= 0.6 is 12.6 Å². The quantitative estimate of drug-likeness (QED) is 0.324. The molecule has 21 heavy (non-hydrogen) atoms. The molecule has 0 bridgehead atoms. The van der Waals surface area contributed by atoms with Crippen molar-refractivity contribution in [1.82, 2.24) is 0 Å². The van der Waals surface area contributed by atoms with E-state index in [2.05, 4.69) is 71.6 Å². The van der Waals surface area contributed by atoms with E-state index in [1.54, 1.807) is 0 Å². The lowest BCUT2D eigenvalue weighted by molar-refractivity contribution is 0.899. The Labute approximate surface area is 138 Å². The van der Waals surface area contributed by atoms with Gasteiger partial charge in [0.25, 0.3) is 0 Å². The molecule has 0 aromatic carbocycles. The van der Waals surface area contributed by atoms with Crippen LogP contribution in [0, 0.1) is 0 Å². The van der Waals surface area contributed by atoms with Crippen molar-refractivity contribution in [3.05, 3.63) is 46.6 Å². The van der Waals surface area contributed by atoms with Gasteiger partial charge in [-0.1, -0.05) is 46.6 Å². The zero-order valence-electron chi connectivity index (χ0n) is 14.7. The van der Waals surface area contributed by atoms with Gasteiger partial charge in [-0.25, -0.2) is 0 Å². The summed E-state index contributed by atoms with van der Waals surface area (Å²) in [4.78, 5) is 0. The molecular weight excluding hydrogens is 272 g/mol. The zero-order valence-corrected chi connectivity index (χ0v) is 15.6. The monoisotopic (exact) mass is 306 g/mol. The van der Waals surface area contributed by atoms with Gasteiger partial charge in [-0.2, -0.15) is 12.6 Å². The largest absolute Gasteiger partial charge is 0.175 e. The van der Waals surface area contributed by atoms with Gasteiger partial charge in [0.2, 0.25) is 0 Å². The molecule has 1 heteroatoms. The van der Waals surface area contributed by atoms with Gasteiger partial charge in [0.05, 0.1) is 0 Å². The second-order valence-electron chi connectivity index (χ2n) is 6.23. The maximum Gasteiger partial charge on any atom is 0.00850 e. The standard InChI is InChI=1S/C20H34S/c1-17(2)9-6-10-18(3)11-7-12-19(4)13-8-14-20(5)15-16-21/h9,11,13,15,21H,6-8,10,12,14,16H2,1-5H3. The summed E-state index contributed by atoms with van der Waals surface area (Å²) in [7, 11) is 0. The van der Waals surface area contributed by atoms with Crippen LogP contribution in [0.3, 0.4) is 0 Å². The summed E-state index contributed by atoms with van der Waals surface area (Å²) < 4.78 is 0. The van der Waals surface area contributed by atoms with E-state index in [1.165, 1.54) is 48.0 Å². The molecule has 0 amide bonds. The predicted octanol–water partition coefficient (Wildman–Crippen LogP) is 7.06. The maximum absolute atomic E-state index is 4.22. The van der Waals surface area contributed by atoms with Gasteiger partial charge < -0.3 is 0 Å². The summed E-state index contributed by atoms with van der Waals surface area (Å²) in [6.07, 6.45) is 16.4. The molecule has 0 heterocycles. The van der Waals surface area contributed by atoms with E-state index in [4.69, 9.17) is 0 Å². The lowest BCUT2D eigenvalue weighted by atomic mass is 10.0. The summed E-state index contributed by atoms with van der Waals surface area (Å²) in [6, 6.07) is 0. The molecule has 0 aliphatic carbocycles. The second-order valence-corrected chi connectivity index (χ2v) is 6.60. The molecule has 0 N–H and O–H groups in total. The van der Waals surface area contributed by atoms with Crippen molar-refractivity contribution in [3.63, 3.8) is 0 Å².